The maximum Gasteiger partial charge on any atom is 0.140 e. The number of hydrogen-bond acceptors (Lipinski definition) is 2. The fraction of sp³-hybridized carbons (Fsp3) is 0.0400. The van der Waals surface area contributed by atoms with E-state index in [0.717, 1.165) is 27.7 Å². The molecule has 0 fully saturated rings. The molecule has 1 heterocycles. The van der Waals surface area contributed by atoms with Gasteiger partial charge in [0.2, 0.25) is 0 Å². The maximum atomic E-state index is 6.37. The minimum Gasteiger partial charge on any atom is -0.225 e. The van der Waals surface area contributed by atoms with Gasteiger partial charge in [-0.25, -0.2) is 4.68 Å². The summed E-state index contributed by atoms with van der Waals surface area (Å²) >= 11 is 6.37. The molecule has 0 N–H and O–H groups in total. The van der Waals surface area contributed by atoms with Gasteiger partial charge in [-0.2, -0.15) is 0 Å². The van der Waals surface area contributed by atoms with Gasteiger partial charge in [0.15, 0.2) is 0 Å². The number of hydrogen-bond donors (Lipinski definition) is 0. The van der Waals surface area contributed by atoms with Crippen molar-refractivity contribution in [3.05, 3.63) is 131 Å². The average Bonchev–Trinajstić information content (AvgIpc) is 3.20. The van der Waals surface area contributed by atoms with Crippen molar-refractivity contribution in [2.45, 2.75) is 5.54 Å². The van der Waals surface area contributed by atoms with E-state index in [9.17, 15) is 0 Å². The van der Waals surface area contributed by atoms with E-state index in [1.54, 1.807) is 0 Å². The van der Waals surface area contributed by atoms with Crippen LogP contribution < -0.4 is 0 Å². The highest BCUT2D eigenvalue weighted by atomic mass is 35.5. The second-order valence-electron chi connectivity index (χ2n) is 6.94. The molecule has 0 aliphatic rings. The van der Waals surface area contributed by atoms with E-state index in [4.69, 9.17) is 11.6 Å². The Hall–Kier alpha value is -3.43. The predicted molar refractivity (Wildman–Crippen MR) is 117 cm³/mol. The van der Waals surface area contributed by atoms with Crippen LogP contribution in [-0.4, -0.2) is 15.0 Å². The highest BCUT2D eigenvalue weighted by Gasteiger charge is 2.40. The van der Waals surface area contributed by atoms with Gasteiger partial charge >= 0.3 is 0 Å². The molecule has 0 radical (unpaired) electrons. The van der Waals surface area contributed by atoms with Crippen molar-refractivity contribution < 1.29 is 0 Å². The van der Waals surface area contributed by atoms with E-state index in [-0.39, 0.29) is 0 Å². The molecular formula is C25H18ClN3. The van der Waals surface area contributed by atoms with E-state index in [1.165, 1.54) is 0 Å². The summed E-state index contributed by atoms with van der Waals surface area (Å²) in [5.41, 5.74) is 4.30. The summed E-state index contributed by atoms with van der Waals surface area (Å²) < 4.78 is 1.99. The molecule has 4 aromatic carbocycles. The van der Waals surface area contributed by atoms with Gasteiger partial charge in [0.25, 0.3) is 0 Å². The van der Waals surface area contributed by atoms with Crippen LogP contribution >= 0.6 is 11.6 Å². The third kappa shape index (κ3) is 2.82. The Bertz CT molecular complexity index is 1150. The van der Waals surface area contributed by atoms with E-state index in [2.05, 4.69) is 83.1 Å². The summed E-state index contributed by atoms with van der Waals surface area (Å²) in [4.78, 5) is 0. The van der Waals surface area contributed by atoms with E-state index in [0.29, 0.717) is 5.02 Å². The fourth-order valence-electron chi connectivity index (χ4n) is 4.04. The van der Waals surface area contributed by atoms with Gasteiger partial charge in [0.05, 0.1) is 5.52 Å². The molecule has 140 valence electrons. The molecular weight excluding hydrogens is 378 g/mol. The maximum absolute atomic E-state index is 6.37. The average molecular weight is 396 g/mol. The van der Waals surface area contributed by atoms with Crippen LogP contribution in [0.25, 0.3) is 11.0 Å². The number of nitrogens with zero attached hydrogens (tertiary/aromatic N) is 3. The molecule has 4 heteroatoms. The lowest BCUT2D eigenvalue weighted by Gasteiger charge is -2.36. The van der Waals surface area contributed by atoms with Crippen molar-refractivity contribution in [3.8, 4) is 0 Å². The number of rotatable bonds is 4. The highest BCUT2D eigenvalue weighted by molar-refractivity contribution is 6.31. The van der Waals surface area contributed by atoms with Crippen molar-refractivity contribution in [2.24, 2.45) is 0 Å². The number of halogens is 1. The zero-order valence-electron chi connectivity index (χ0n) is 15.6. The van der Waals surface area contributed by atoms with Crippen molar-refractivity contribution in [1.29, 1.82) is 0 Å². The second kappa shape index (κ2) is 7.19. The minimum atomic E-state index is -0.691. The van der Waals surface area contributed by atoms with Gasteiger partial charge in [0.1, 0.15) is 11.1 Å². The Morgan fingerprint density at radius 2 is 1.10 bits per heavy atom. The lowest BCUT2D eigenvalue weighted by atomic mass is 9.77. The number of aromatic nitrogens is 3. The monoisotopic (exact) mass is 395 g/mol. The van der Waals surface area contributed by atoms with Crippen molar-refractivity contribution in [3.63, 3.8) is 0 Å². The highest BCUT2D eigenvalue weighted by Crippen LogP contribution is 2.41. The Kier molecular flexibility index (Phi) is 4.38. The van der Waals surface area contributed by atoms with Gasteiger partial charge < -0.3 is 0 Å². The van der Waals surface area contributed by atoms with E-state index >= 15 is 0 Å². The van der Waals surface area contributed by atoms with Crippen molar-refractivity contribution in [1.82, 2.24) is 15.0 Å². The van der Waals surface area contributed by atoms with Gasteiger partial charge in [-0.05, 0) is 34.9 Å². The molecule has 29 heavy (non-hydrogen) atoms. The van der Waals surface area contributed by atoms with Crippen molar-refractivity contribution >= 4 is 22.6 Å². The molecule has 0 unspecified atom stereocenters. The lowest BCUT2D eigenvalue weighted by molar-refractivity contribution is 0.461. The van der Waals surface area contributed by atoms with Gasteiger partial charge in [-0.15, -0.1) is 5.10 Å². The molecule has 0 amide bonds. The second-order valence-corrected chi connectivity index (χ2v) is 7.38. The van der Waals surface area contributed by atoms with Gasteiger partial charge in [-0.3, -0.25) is 0 Å². The third-order valence-corrected chi connectivity index (χ3v) is 5.54. The van der Waals surface area contributed by atoms with Crippen LogP contribution in [0.1, 0.15) is 16.7 Å². The summed E-state index contributed by atoms with van der Waals surface area (Å²) in [6.45, 7) is 0. The smallest absolute Gasteiger partial charge is 0.140 e. The predicted octanol–water partition coefficient (Wildman–Crippen LogP) is 5.92. The summed E-state index contributed by atoms with van der Waals surface area (Å²) in [6.07, 6.45) is 0. The first-order valence-electron chi connectivity index (χ1n) is 9.48. The molecule has 5 aromatic rings. The van der Waals surface area contributed by atoms with Crippen LogP contribution in [0.5, 0.6) is 0 Å². The number of benzene rings is 4. The summed E-state index contributed by atoms with van der Waals surface area (Å²) in [6, 6.07) is 36.9. The normalized spacial score (nSPS) is 11.6. The lowest BCUT2D eigenvalue weighted by Crippen LogP contribution is -2.38. The zero-order chi connectivity index (χ0) is 19.7. The first-order valence-corrected chi connectivity index (χ1v) is 9.86. The van der Waals surface area contributed by atoms with Crippen LogP contribution in [0, 0.1) is 0 Å². The molecule has 0 saturated carbocycles. The molecule has 0 bridgehead atoms. The topological polar surface area (TPSA) is 30.7 Å². The van der Waals surface area contributed by atoms with Gasteiger partial charge in [-0.1, -0.05) is 108 Å². The zero-order valence-corrected chi connectivity index (χ0v) is 16.4. The molecule has 0 aliphatic carbocycles. The molecule has 0 atom stereocenters. The Labute approximate surface area is 174 Å². The first-order chi connectivity index (χ1) is 14.3. The first kappa shape index (κ1) is 17.7. The third-order valence-electron chi connectivity index (χ3n) is 5.30. The standard InChI is InChI=1S/C25H18ClN3/c26-22-16-17-23-24(18-22)29(28-27-23)25(19-10-4-1-5-11-19,20-12-6-2-7-13-20)21-14-8-3-9-15-21/h1-18H. The number of fused-ring (bicyclic) bond motifs is 1. The van der Waals surface area contributed by atoms with Crippen LogP contribution in [0.2, 0.25) is 5.02 Å². The molecule has 5 rings (SSSR count). The summed E-state index contributed by atoms with van der Waals surface area (Å²) in [5.74, 6) is 0. The Morgan fingerprint density at radius 1 is 0.621 bits per heavy atom. The molecule has 0 aliphatic heterocycles. The molecule has 1 aromatic heterocycles. The van der Waals surface area contributed by atoms with Gasteiger partial charge in [0, 0.05) is 5.02 Å². The largest absolute Gasteiger partial charge is 0.225 e. The summed E-state index contributed by atoms with van der Waals surface area (Å²) in [7, 11) is 0. The summed E-state index contributed by atoms with van der Waals surface area (Å²) in [5, 5.41) is 9.76. The van der Waals surface area contributed by atoms with Crippen LogP contribution in [-0.2, 0) is 5.54 Å². The van der Waals surface area contributed by atoms with Crippen molar-refractivity contribution in [2.75, 3.05) is 0 Å². The fourth-order valence-corrected chi connectivity index (χ4v) is 4.21. The van der Waals surface area contributed by atoms with Crippen LogP contribution in [0.3, 0.4) is 0 Å². The SMILES string of the molecule is Clc1ccc2nnn(C(c3ccccc3)(c3ccccc3)c3ccccc3)c2c1. The van der Waals surface area contributed by atoms with E-state index in [1.807, 2.05) is 41.1 Å². The quantitative estimate of drug-likeness (QED) is 0.353. The molecule has 3 nitrogen and oxygen atoms in total. The minimum absolute atomic E-state index is 0.657. The van der Waals surface area contributed by atoms with E-state index < -0.39 is 5.54 Å². The Balaban J connectivity index is 1.97. The Morgan fingerprint density at radius 3 is 1.59 bits per heavy atom. The van der Waals surface area contributed by atoms with Crippen LogP contribution in [0.15, 0.2) is 109 Å². The molecule has 0 saturated heterocycles. The van der Waals surface area contributed by atoms with Crippen LogP contribution in [0.4, 0.5) is 0 Å². The molecule has 0 spiro atoms.